The minimum atomic E-state index is -0.954. The van der Waals surface area contributed by atoms with Crippen LogP contribution in [0.3, 0.4) is 0 Å². The van der Waals surface area contributed by atoms with E-state index in [4.69, 9.17) is 15.3 Å². The first-order valence-corrected chi connectivity index (χ1v) is 19.6. The number of aliphatic hydroxyl groups excluding tert-OH is 3. The van der Waals surface area contributed by atoms with Gasteiger partial charge >= 0.3 is 19.5 Å². The number of carboxylic acids is 2. The molecule has 0 saturated heterocycles. The Hall–Kier alpha value is -0.557. The Morgan fingerprint density at radius 1 is 0.404 bits per heavy atom. The van der Waals surface area contributed by atoms with Crippen LogP contribution in [-0.2, 0) is 29.1 Å². The zero-order chi connectivity index (χ0) is 34.8. The number of aliphatic carboxylic acids is 2. The van der Waals surface area contributed by atoms with E-state index in [2.05, 4.69) is 13.8 Å². The molecule has 0 aromatic rings. The van der Waals surface area contributed by atoms with Crippen molar-refractivity contribution in [1.29, 1.82) is 0 Å². The van der Waals surface area contributed by atoms with Gasteiger partial charge in [-0.05, 0) is 25.7 Å². The molecular weight excluding hydrogens is 646 g/mol. The van der Waals surface area contributed by atoms with Crippen LogP contribution in [-0.4, -0.2) is 46.6 Å². The Morgan fingerprint density at radius 2 is 0.574 bits per heavy atom. The number of rotatable bonds is 34. The van der Waals surface area contributed by atoms with Gasteiger partial charge in [0.15, 0.2) is 0 Å². The van der Waals surface area contributed by atoms with Crippen LogP contribution in [0.25, 0.3) is 0 Å². The predicted octanol–water partition coefficient (Wildman–Crippen LogP) is 8.33. The summed E-state index contributed by atoms with van der Waals surface area (Å²) in [7, 11) is 0. The van der Waals surface area contributed by atoms with Crippen molar-refractivity contribution < 1.29 is 54.6 Å². The van der Waals surface area contributed by atoms with E-state index in [1.807, 2.05) is 0 Å². The van der Waals surface area contributed by atoms with Crippen molar-refractivity contribution in [3.05, 3.63) is 0 Å². The molecule has 0 bridgehead atoms. The minimum absolute atomic E-state index is 0. The number of carboxylic acid groups (broad SMARTS) is 2. The molecule has 0 aromatic carbocycles. The fourth-order valence-corrected chi connectivity index (χ4v) is 5.34. The van der Waals surface area contributed by atoms with Gasteiger partial charge in [0, 0.05) is 11.9 Å². The van der Waals surface area contributed by atoms with Crippen molar-refractivity contribution in [2.24, 2.45) is 0 Å². The van der Waals surface area contributed by atoms with E-state index >= 15 is 0 Å². The molecule has 0 unspecified atom stereocenters. The van der Waals surface area contributed by atoms with E-state index in [-0.39, 0.29) is 45.5 Å². The van der Waals surface area contributed by atoms with Crippen LogP contribution >= 0.6 is 0 Å². The number of carbonyl (C=O) groups excluding carboxylic acids is 2. The molecule has 0 aliphatic heterocycles. The first kappa shape index (κ1) is 53.2. The first-order chi connectivity index (χ1) is 22.3. The summed E-state index contributed by atoms with van der Waals surface area (Å²) in [4.78, 5) is 20.4. The molecule has 0 heterocycles. The van der Waals surface area contributed by atoms with Gasteiger partial charge in [0.2, 0.25) is 0 Å². The standard InChI is InChI=1S/2C18H36O2.C3H8O3.Zn/c2*1-2-3-4-5-6-7-8-9-10-11-12-13-14-15-16-17-18(19)20;4-1-3(6)2-5;/h2*2-17H2,1H3,(H,19,20);3-6H,1-2H2;/q;;;+2/p-2. The van der Waals surface area contributed by atoms with Gasteiger partial charge in [-0.1, -0.05) is 194 Å². The van der Waals surface area contributed by atoms with Crippen molar-refractivity contribution in [1.82, 2.24) is 0 Å². The van der Waals surface area contributed by atoms with Crippen molar-refractivity contribution in [2.75, 3.05) is 13.2 Å². The molecular formula is C39H78O7Zn. The minimum Gasteiger partial charge on any atom is -0.550 e. The summed E-state index contributed by atoms with van der Waals surface area (Å²) in [6.07, 6.45) is 38.8. The topological polar surface area (TPSA) is 141 Å². The summed E-state index contributed by atoms with van der Waals surface area (Å²) in [5.74, 6) is -1.81. The van der Waals surface area contributed by atoms with Gasteiger partial charge in [-0.15, -0.1) is 0 Å². The van der Waals surface area contributed by atoms with Gasteiger partial charge in [0.05, 0.1) is 13.2 Å². The molecule has 0 amide bonds. The monoisotopic (exact) mass is 723 g/mol. The first-order valence-electron chi connectivity index (χ1n) is 19.6. The molecule has 7 nitrogen and oxygen atoms in total. The average molecular weight is 724 g/mol. The molecule has 0 aromatic heterocycles. The van der Waals surface area contributed by atoms with Crippen LogP contribution in [0, 0.1) is 0 Å². The molecule has 0 aliphatic carbocycles. The summed E-state index contributed by atoms with van der Waals surface area (Å²) < 4.78 is 0. The van der Waals surface area contributed by atoms with Crippen molar-refractivity contribution in [3.63, 3.8) is 0 Å². The molecule has 0 saturated carbocycles. The molecule has 0 fully saturated rings. The average Bonchev–Trinajstić information content (AvgIpc) is 3.04. The third kappa shape index (κ3) is 61.2. The molecule has 47 heavy (non-hydrogen) atoms. The second kappa shape index (κ2) is 49.8. The fraction of sp³-hybridized carbons (Fsp3) is 0.949. The van der Waals surface area contributed by atoms with E-state index in [0.717, 1.165) is 25.7 Å². The Morgan fingerprint density at radius 3 is 0.702 bits per heavy atom. The third-order valence-corrected chi connectivity index (χ3v) is 8.39. The van der Waals surface area contributed by atoms with Crippen molar-refractivity contribution >= 4 is 11.9 Å². The van der Waals surface area contributed by atoms with E-state index in [1.165, 1.54) is 167 Å². The van der Waals surface area contributed by atoms with E-state index < -0.39 is 18.0 Å². The number of carbonyl (C=O) groups is 2. The zero-order valence-electron chi connectivity index (χ0n) is 31.3. The normalized spacial score (nSPS) is 10.5. The summed E-state index contributed by atoms with van der Waals surface area (Å²) in [6, 6.07) is 0. The number of hydrogen-bond acceptors (Lipinski definition) is 7. The maximum atomic E-state index is 10.2. The van der Waals surface area contributed by atoms with Gasteiger partial charge in [0.25, 0.3) is 0 Å². The molecule has 0 rings (SSSR count). The predicted molar refractivity (Wildman–Crippen MR) is 189 cm³/mol. The van der Waals surface area contributed by atoms with Gasteiger partial charge in [-0.25, -0.2) is 0 Å². The van der Waals surface area contributed by atoms with Gasteiger partial charge in [-0.2, -0.15) is 0 Å². The molecule has 8 heteroatoms. The summed E-state index contributed by atoms with van der Waals surface area (Å²) >= 11 is 0. The molecule has 0 radical (unpaired) electrons. The zero-order valence-corrected chi connectivity index (χ0v) is 34.3. The van der Waals surface area contributed by atoms with Gasteiger partial charge in [0.1, 0.15) is 6.10 Å². The second-order valence-corrected chi connectivity index (χ2v) is 13.2. The van der Waals surface area contributed by atoms with E-state index in [0.29, 0.717) is 0 Å². The van der Waals surface area contributed by atoms with Crippen LogP contribution in [0.4, 0.5) is 0 Å². The molecule has 3 N–H and O–H groups in total. The molecule has 278 valence electrons. The SMILES string of the molecule is CCCCCCCCCCCCCCCCCC(=O)[O-].CCCCCCCCCCCCCCCCCC(=O)[O-].OCC(O)CO.[Zn+2]. The summed E-state index contributed by atoms with van der Waals surface area (Å²) in [5.41, 5.74) is 0. The van der Waals surface area contributed by atoms with Crippen LogP contribution in [0.15, 0.2) is 0 Å². The Kier molecular flexibility index (Phi) is 56.4. The third-order valence-electron chi connectivity index (χ3n) is 8.39. The van der Waals surface area contributed by atoms with Crippen molar-refractivity contribution in [2.45, 2.75) is 225 Å². The summed E-state index contributed by atoms with van der Waals surface area (Å²) in [5, 5.41) is 44.5. The summed E-state index contributed by atoms with van der Waals surface area (Å²) in [6.45, 7) is 3.81. The van der Waals surface area contributed by atoms with Crippen LogP contribution in [0.2, 0.25) is 0 Å². The second-order valence-electron chi connectivity index (χ2n) is 13.2. The van der Waals surface area contributed by atoms with Crippen LogP contribution in [0.1, 0.15) is 219 Å². The number of hydrogen-bond donors (Lipinski definition) is 3. The molecule has 0 atom stereocenters. The Labute approximate surface area is 304 Å². The number of aliphatic hydroxyl groups is 3. The van der Waals surface area contributed by atoms with E-state index in [1.54, 1.807) is 0 Å². The number of unbranched alkanes of at least 4 members (excludes halogenated alkanes) is 28. The van der Waals surface area contributed by atoms with Gasteiger partial charge in [-0.3, -0.25) is 0 Å². The van der Waals surface area contributed by atoms with Crippen molar-refractivity contribution in [3.8, 4) is 0 Å². The quantitative estimate of drug-likeness (QED) is 0.0448. The molecule has 0 aliphatic rings. The van der Waals surface area contributed by atoms with Crippen LogP contribution < -0.4 is 10.2 Å². The smallest absolute Gasteiger partial charge is 0.550 e. The van der Waals surface area contributed by atoms with Crippen LogP contribution in [0.5, 0.6) is 0 Å². The van der Waals surface area contributed by atoms with Gasteiger partial charge < -0.3 is 35.1 Å². The Bertz CT molecular complexity index is 530. The largest absolute Gasteiger partial charge is 2.00 e. The molecule has 0 spiro atoms. The fourth-order valence-electron chi connectivity index (χ4n) is 5.34. The van der Waals surface area contributed by atoms with E-state index in [9.17, 15) is 19.8 Å². The maximum absolute atomic E-state index is 10.2. The maximum Gasteiger partial charge on any atom is 2.00 e. The Balaban J connectivity index is -0.000000329.